The van der Waals surface area contributed by atoms with Crippen LogP contribution in [0.1, 0.15) is 6.92 Å². The van der Waals surface area contributed by atoms with Gasteiger partial charge in [-0.2, -0.15) is 0 Å². The zero-order valence-corrected chi connectivity index (χ0v) is 11.6. The number of aliphatic hydroxyl groups excluding tert-OH is 3. The zero-order valence-electron chi connectivity index (χ0n) is 10.8. The maximum atomic E-state index is 9.97. The van der Waals surface area contributed by atoms with E-state index in [1.54, 1.807) is 31.1 Å². The Hall–Kier alpha value is -0.770. The van der Waals surface area contributed by atoms with Crippen molar-refractivity contribution in [3.05, 3.63) is 12.3 Å². The number of likely N-dealkylation sites (N-methyl/N-ethyl adjacent to an activating group) is 1. The predicted octanol–water partition coefficient (Wildman–Crippen LogP) is -1.85. The van der Waals surface area contributed by atoms with E-state index in [1.807, 2.05) is 0 Å². The number of hydrogen-bond donors (Lipinski definition) is 4. The largest absolute Gasteiger partial charge is 0.394 e. The van der Waals surface area contributed by atoms with Crippen molar-refractivity contribution < 1.29 is 20.1 Å². The molecule has 0 aliphatic carbocycles. The van der Waals surface area contributed by atoms with Crippen LogP contribution in [-0.2, 0) is 4.74 Å². The molecule has 8 heteroatoms. The summed E-state index contributed by atoms with van der Waals surface area (Å²) in [6.45, 7) is 1.42. The van der Waals surface area contributed by atoms with Crippen molar-refractivity contribution in [1.82, 2.24) is 9.80 Å². The first kappa shape index (κ1) is 14.6. The van der Waals surface area contributed by atoms with Gasteiger partial charge in [0.2, 0.25) is 0 Å². The highest BCUT2D eigenvalue weighted by Crippen LogP contribution is 2.28. The van der Waals surface area contributed by atoms with Gasteiger partial charge in [-0.25, -0.2) is 0 Å². The minimum Gasteiger partial charge on any atom is -0.394 e. The summed E-state index contributed by atoms with van der Waals surface area (Å²) in [7, 11) is 1.74. The van der Waals surface area contributed by atoms with Gasteiger partial charge in [-0.3, -0.25) is 4.90 Å². The van der Waals surface area contributed by atoms with E-state index >= 15 is 0 Å². The van der Waals surface area contributed by atoms with Crippen molar-refractivity contribution >= 4 is 17.3 Å². The smallest absolute Gasteiger partial charge is 0.179 e. The van der Waals surface area contributed by atoms with Gasteiger partial charge in [0.15, 0.2) is 11.3 Å². The molecule has 1 fully saturated rings. The molecule has 1 saturated heterocycles. The van der Waals surface area contributed by atoms with E-state index in [9.17, 15) is 10.2 Å². The van der Waals surface area contributed by atoms with Crippen molar-refractivity contribution in [1.29, 1.82) is 0 Å². The lowest BCUT2D eigenvalue weighted by Gasteiger charge is -2.44. The van der Waals surface area contributed by atoms with Gasteiger partial charge in [-0.15, -0.1) is 0 Å². The molecule has 0 aromatic heterocycles. The Kier molecular flexibility index (Phi) is 3.83. The Balaban J connectivity index is 2.22. The molecule has 7 nitrogen and oxygen atoms in total. The van der Waals surface area contributed by atoms with Gasteiger partial charge in [0.1, 0.15) is 24.0 Å². The summed E-state index contributed by atoms with van der Waals surface area (Å²) < 4.78 is 5.43. The van der Waals surface area contributed by atoms with Crippen molar-refractivity contribution in [3.63, 3.8) is 0 Å². The van der Waals surface area contributed by atoms with Crippen LogP contribution in [0.5, 0.6) is 0 Å². The van der Waals surface area contributed by atoms with Gasteiger partial charge < -0.3 is 30.7 Å². The van der Waals surface area contributed by atoms with Crippen LogP contribution < -0.4 is 5.73 Å². The Bertz CT molecular complexity index is 403. The van der Waals surface area contributed by atoms with Crippen LogP contribution in [0, 0.1) is 0 Å². The molecule has 2 aliphatic rings. The van der Waals surface area contributed by atoms with Crippen LogP contribution in [0.4, 0.5) is 0 Å². The number of rotatable bonds is 2. The standard InChI is InChI=1S/C11H19N3O4S/c1-11(12)3-4-14(10(19)13(11)2)9-8(17)7(16)6(5-15)18-9/h3-4,6-9,15-17H,5,12H2,1-2H3/t6-,7-,8-,9-,11?/m1/s1. The highest BCUT2D eigenvalue weighted by molar-refractivity contribution is 7.80. The highest BCUT2D eigenvalue weighted by Gasteiger charge is 2.47. The summed E-state index contributed by atoms with van der Waals surface area (Å²) in [4.78, 5) is 3.19. The Morgan fingerprint density at radius 3 is 2.63 bits per heavy atom. The zero-order chi connectivity index (χ0) is 14.4. The Labute approximate surface area is 116 Å². The molecule has 2 heterocycles. The molecule has 108 valence electrons. The summed E-state index contributed by atoms with van der Waals surface area (Å²) in [5.41, 5.74) is 5.30. The molecule has 0 bridgehead atoms. The van der Waals surface area contributed by atoms with Gasteiger partial charge in [-0.05, 0) is 25.2 Å². The first-order valence-electron chi connectivity index (χ1n) is 5.96. The van der Waals surface area contributed by atoms with Crippen LogP contribution in [0.15, 0.2) is 12.3 Å². The second kappa shape index (κ2) is 4.97. The summed E-state index contributed by atoms with van der Waals surface area (Å²) in [6, 6.07) is 0. The van der Waals surface area contributed by atoms with E-state index < -0.39 is 30.2 Å². The van der Waals surface area contributed by atoms with Crippen LogP contribution in [0.3, 0.4) is 0 Å². The van der Waals surface area contributed by atoms with Crippen LogP contribution in [-0.4, -0.2) is 74.1 Å². The van der Waals surface area contributed by atoms with E-state index in [4.69, 9.17) is 27.8 Å². The predicted molar refractivity (Wildman–Crippen MR) is 71.7 cm³/mol. The summed E-state index contributed by atoms with van der Waals surface area (Å²) in [5, 5.41) is 29.2. The van der Waals surface area contributed by atoms with E-state index in [-0.39, 0.29) is 6.61 Å². The summed E-state index contributed by atoms with van der Waals surface area (Å²) in [5.74, 6) is 0. The monoisotopic (exact) mass is 289 g/mol. The molecular weight excluding hydrogens is 270 g/mol. The Morgan fingerprint density at radius 2 is 2.11 bits per heavy atom. The molecule has 0 amide bonds. The van der Waals surface area contributed by atoms with E-state index in [0.717, 1.165) is 0 Å². The first-order chi connectivity index (χ1) is 8.79. The number of thiocarbonyl (C=S) groups is 1. The number of ether oxygens (including phenoxy) is 1. The van der Waals surface area contributed by atoms with Gasteiger partial charge in [0.25, 0.3) is 0 Å². The highest BCUT2D eigenvalue weighted by atomic mass is 32.1. The summed E-state index contributed by atoms with van der Waals surface area (Å²) >= 11 is 5.29. The third-order valence-electron chi connectivity index (χ3n) is 3.59. The lowest BCUT2D eigenvalue weighted by molar-refractivity contribution is -0.0630. The second-order valence-corrected chi connectivity index (χ2v) is 5.38. The molecule has 2 aliphatic heterocycles. The number of hydrogen-bond acceptors (Lipinski definition) is 6. The Morgan fingerprint density at radius 1 is 1.47 bits per heavy atom. The van der Waals surface area contributed by atoms with E-state index in [1.165, 1.54) is 4.90 Å². The third kappa shape index (κ3) is 2.35. The SMILES string of the molecule is CN1C(=S)N([C@@H]2O[C@H](CO)[C@@H](O)[C@H]2O)C=CC1(C)N. The van der Waals surface area contributed by atoms with Gasteiger partial charge >= 0.3 is 0 Å². The molecule has 5 atom stereocenters. The van der Waals surface area contributed by atoms with Crippen LogP contribution in [0.2, 0.25) is 0 Å². The van der Waals surface area contributed by atoms with Gasteiger partial charge in [-0.1, -0.05) is 0 Å². The maximum Gasteiger partial charge on any atom is 0.179 e. The maximum absolute atomic E-state index is 9.97. The molecule has 0 aromatic rings. The molecule has 0 spiro atoms. The molecule has 5 N–H and O–H groups in total. The summed E-state index contributed by atoms with van der Waals surface area (Å²) in [6.07, 6.45) is -0.625. The molecular formula is C11H19N3O4S. The van der Waals surface area contributed by atoms with Gasteiger partial charge in [0.05, 0.1) is 6.61 Å². The van der Waals surface area contributed by atoms with Crippen molar-refractivity contribution in [2.45, 2.75) is 37.1 Å². The number of aliphatic hydroxyl groups is 3. The fourth-order valence-electron chi connectivity index (χ4n) is 2.09. The topological polar surface area (TPSA) is 102 Å². The average molecular weight is 289 g/mol. The van der Waals surface area contributed by atoms with Gasteiger partial charge in [0, 0.05) is 13.2 Å². The lowest BCUT2D eigenvalue weighted by atomic mass is 10.1. The lowest BCUT2D eigenvalue weighted by Crippen LogP contribution is -2.61. The number of nitrogens with two attached hydrogens (primary N) is 1. The molecule has 0 radical (unpaired) electrons. The van der Waals surface area contributed by atoms with Crippen molar-refractivity contribution in [2.24, 2.45) is 5.73 Å². The fraction of sp³-hybridized carbons (Fsp3) is 0.727. The van der Waals surface area contributed by atoms with Crippen LogP contribution in [0.25, 0.3) is 0 Å². The normalized spacial score (nSPS) is 43.2. The molecule has 1 unspecified atom stereocenters. The second-order valence-electron chi connectivity index (χ2n) is 5.02. The average Bonchev–Trinajstić information content (AvgIpc) is 2.64. The molecule has 0 aromatic carbocycles. The number of nitrogens with zero attached hydrogens (tertiary/aromatic N) is 2. The molecule has 2 rings (SSSR count). The van der Waals surface area contributed by atoms with E-state index in [2.05, 4.69) is 0 Å². The van der Waals surface area contributed by atoms with Crippen molar-refractivity contribution in [2.75, 3.05) is 13.7 Å². The third-order valence-corrected chi connectivity index (χ3v) is 4.08. The first-order valence-corrected chi connectivity index (χ1v) is 6.37. The minimum atomic E-state index is -1.16. The van der Waals surface area contributed by atoms with E-state index in [0.29, 0.717) is 5.11 Å². The molecule has 0 saturated carbocycles. The molecule has 19 heavy (non-hydrogen) atoms. The fourth-order valence-corrected chi connectivity index (χ4v) is 2.45. The van der Waals surface area contributed by atoms with Crippen molar-refractivity contribution in [3.8, 4) is 0 Å². The quantitative estimate of drug-likeness (QED) is 0.439. The van der Waals surface area contributed by atoms with Crippen LogP contribution >= 0.6 is 12.2 Å². The minimum absolute atomic E-state index is 0.372.